The predicted molar refractivity (Wildman–Crippen MR) is 70.6 cm³/mol. The molecule has 0 aromatic carbocycles. The molecule has 0 aliphatic rings. The molecule has 2 rings (SSSR count). The van der Waals surface area contributed by atoms with E-state index in [4.69, 9.17) is 23.2 Å². The van der Waals surface area contributed by atoms with E-state index in [0.29, 0.717) is 0 Å². The maximum absolute atomic E-state index is 6.42. The number of halogens is 2. The first-order valence-corrected chi connectivity index (χ1v) is 6.67. The quantitative estimate of drug-likeness (QED) is 0.725. The zero-order valence-corrected chi connectivity index (χ0v) is 11.1. The third-order valence-corrected chi connectivity index (χ3v) is 4.66. The second-order valence-electron chi connectivity index (χ2n) is 3.58. The molecule has 2 aromatic heterocycles. The monoisotopic (exact) mass is 271 g/mol. The lowest BCUT2D eigenvalue weighted by Crippen LogP contribution is -2.03. The summed E-state index contributed by atoms with van der Waals surface area (Å²) in [5, 5.41) is 2.58. The highest BCUT2D eigenvalue weighted by Gasteiger charge is 2.22. The Morgan fingerprint density at radius 1 is 1.31 bits per heavy atom. The van der Waals surface area contributed by atoms with Gasteiger partial charge in [-0.1, -0.05) is 24.6 Å². The summed E-state index contributed by atoms with van der Waals surface area (Å²) in [6.07, 6.45) is 1.78. The maximum atomic E-state index is 6.42. The molecule has 0 amide bonds. The van der Waals surface area contributed by atoms with Gasteiger partial charge in [0.25, 0.3) is 0 Å². The topological polar surface area (TPSA) is 12.9 Å². The second kappa shape index (κ2) is 5.17. The van der Waals surface area contributed by atoms with Gasteiger partial charge >= 0.3 is 0 Å². The molecular weight excluding hydrogens is 261 g/mol. The molecule has 0 fully saturated rings. The molecule has 2 unspecified atom stereocenters. The number of hydrogen-bond acceptors (Lipinski definition) is 2. The minimum Gasteiger partial charge on any atom is -0.261 e. The number of alkyl halides is 1. The van der Waals surface area contributed by atoms with Gasteiger partial charge < -0.3 is 0 Å². The van der Waals surface area contributed by atoms with Crippen LogP contribution in [0.2, 0.25) is 5.02 Å². The number of aromatic nitrogens is 1. The van der Waals surface area contributed by atoms with Crippen molar-refractivity contribution >= 4 is 34.5 Å². The number of hydrogen-bond donors (Lipinski definition) is 0. The number of thiophene rings is 1. The largest absolute Gasteiger partial charge is 0.261 e. The van der Waals surface area contributed by atoms with Crippen LogP contribution in [0.15, 0.2) is 35.8 Å². The third kappa shape index (κ3) is 2.40. The van der Waals surface area contributed by atoms with Crippen molar-refractivity contribution in [3.8, 4) is 0 Å². The highest BCUT2D eigenvalue weighted by atomic mass is 35.5. The van der Waals surface area contributed by atoms with Gasteiger partial charge in [-0.2, -0.15) is 0 Å². The molecule has 0 saturated carbocycles. The van der Waals surface area contributed by atoms with E-state index in [2.05, 4.69) is 11.9 Å². The summed E-state index contributed by atoms with van der Waals surface area (Å²) >= 11 is 14.1. The number of nitrogens with zero attached hydrogens (tertiary/aromatic N) is 1. The lowest BCUT2D eigenvalue weighted by atomic mass is 10.0. The van der Waals surface area contributed by atoms with Crippen molar-refractivity contribution in [2.24, 2.45) is 0 Å². The zero-order chi connectivity index (χ0) is 11.5. The van der Waals surface area contributed by atoms with Crippen LogP contribution < -0.4 is 0 Å². The van der Waals surface area contributed by atoms with Crippen molar-refractivity contribution in [2.75, 3.05) is 0 Å². The lowest BCUT2D eigenvalue weighted by Gasteiger charge is -2.16. The minimum atomic E-state index is -0.123. The van der Waals surface area contributed by atoms with Crippen molar-refractivity contribution in [1.29, 1.82) is 0 Å². The summed E-state index contributed by atoms with van der Waals surface area (Å²) in [7, 11) is 0. The van der Waals surface area contributed by atoms with Crippen molar-refractivity contribution in [3.63, 3.8) is 0 Å². The van der Waals surface area contributed by atoms with Gasteiger partial charge in [0, 0.05) is 22.7 Å². The standard InChI is InChI=1S/C12H11Cl2NS/c1-8(10-4-2-3-6-15-10)11(14)12-9(13)5-7-16-12/h2-8,11H,1H3. The fourth-order valence-corrected chi connectivity index (χ4v) is 3.24. The summed E-state index contributed by atoms with van der Waals surface area (Å²) in [5.41, 5.74) is 0.993. The van der Waals surface area contributed by atoms with Crippen LogP contribution in [0.1, 0.15) is 28.8 Å². The maximum Gasteiger partial charge on any atom is 0.0774 e. The number of rotatable bonds is 3. The van der Waals surface area contributed by atoms with Crippen LogP contribution in [-0.4, -0.2) is 4.98 Å². The molecule has 0 aliphatic carbocycles. The van der Waals surface area contributed by atoms with Crippen molar-refractivity contribution in [3.05, 3.63) is 51.4 Å². The SMILES string of the molecule is CC(c1ccccn1)C(Cl)c1sccc1Cl. The van der Waals surface area contributed by atoms with Crippen LogP contribution in [0.4, 0.5) is 0 Å². The first-order chi connectivity index (χ1) is 7.70. The van der Waals surface area contributed by atoms with Crippen molar-refractivity contribution in [1.82, 2.24) is 4.98 Å². The molecule has 0 spiro atoms. The summed E-state index contributed by atoms with van der Waals surface area (Å²) < 4.78 is 0. The summed E-state index contributed by atoms with van der Waals surface area (Å²) in [6, 6.07) is 7.74. The van der Waals surface area contributed by atoms with E-state index in [-0.39, 0.29) is 11.3 Å². The van der Waals surface area contributed by atoms with E-state index in [1.807, 2.05) is 29.6 Å². The Hall–Kier alpha value is -0.570. The van der Waals surface area contributed by atoms with Gasteiger partial charge in [0.15, 0.2) is 0 Å². The first-order valence-electron chi connectivity index (χ1n) is 4.98. The van der Waals surface area contributed by atoms with Gasteiger partial charge in [-0.25, -0.2) is 0 Å². The minimum absolute atomic E-state index is 0.123. The molecule has 1 nitrogen and oxygen atoms in total. The predicted octanol–water partition coefficient (Wildman–Crippen LogP) is 4.88. The molecule has 0 saturated heterocycles. The van der Waals surface area contributed by atoms with E-state index in [1.54, 1.807) is 17.5 Å². The van der Waals surface area contributed by atoms with E-state index in [0.717, 1.165) is 15.6 Å². The Kier molecular flexibility index (Phi) is 3.85. The van der Waals surface area contributed by atoms with Crippen LogP contribution in [0.25, 0.3) is 0 Å². The van der Waals surface area contributed by atoms with Crippen LogP contribution in [0.5, 0.6) is 0 Å². The molecule has 4 heteroatoms. The Bertz CT molecular complexity index is 455. The normalized spacial score (nSPS) is 14.7. The average molecular weight is 272 g/mol. The summed E-state index contributed by atoms with van der Waals surface area (Å²) in [4.78, 5) is 5.33. The van der Waals surface area contributed by atoms with Gasteiger partial charge in [-0.15, -0.1) is 22.9 Å². The Morgan fingerprint density at radius 3 is 2.69 bits per heavy atom. The van der Waals surface area contributed by atoms with E-state index in [9.17, 15) is 0 Å². The molecule has 2 heterocycles. The highest BCUT2D eigenvalue weighted by molar-refractivity contribution is 7.11. The molecule has 0 bridgehead atoms. The van der Waals surface area contributed by atoms with Crippen LogP contribution in [0.3, 0.4) is 0 Å². The van der Waals surface area contributed by atoms with Gasteiger partial charge in [-0.3, -0.25) is 4.98 Å². The summed E-state index contributed by atoms with van der Waals surface area (Å²) in [6.45, 7) is 2.07. The average Bonchev–Trinajstić information content (AvgIpc) is 2.75. The van der Waals surface area contributed by atoms with E-state index in [1.165, 1.54) is 0 Å². The van der Waals surface area contributed by atoms with Gasteiger partial charge in [0.1, 0.15) is 0 Å². The summed E-state index contributed by atoms with van der Waals surface area (Å²) in [5.74, 6) is 0.152. The molecule has 84 valence electrons. The molecule has 16 heavy (non-hydrogen) atoms. The smallest absolute Gasteiger partial charge is 0.0774 e. The Labute approximate surface area is 109 Å². The molecule has 2 aromatic rings. The molecule has 0 radical (unpaired) electrons. The van der Waals surface area contributed by atoms with Gasteiger partial charge in [0.2, 0.25) is 0 Å². The Morgan fingerprint density at radius 2 is 2.12 bits per heavy atom. The van der Waals surface area contributed by atoms with E-state index < -0.39 is 0 Å². The fourth-order valence-electron chi connectivity index (χ4n) is 1.52. The first kappa shape index (κ1) is 11.9. The van der Waals surface area contributed by atoms with Crippen LogP contribution in [-0.2, 0) is 0 Å². The zero-order valence-electron chi connectivity index (χ0n) is 8.73. The van der Waals surface area contributed by atoms with E-state index >= 15 is 0 Å². The molecule has 0 aliphatic heterocycles. The van der Waals surface area contributed by atoms with Gasteiger partial charge in [0.05, 0.1) is 10.4 Å². The second-order valence-corrected chi connectivity index (χ2v) is 5.40. The van der Waals surface area contributed by atoms with Crippen LogP contribution >= 0.6 is 34.5 Å². The fraction of sp³-hybridized carbons (Fsp3) is 0.250. The van der Waals surface area contributed by atoms with Gasteiger partial charge in [-0.05, 0) is 23.6 Å². The van der Waals surface area contributed by atoms with Crippen molar-refractivity contribution in [2.45, 2.75) is 18.2 Å². The highest BCUT2D eigenvalue weighted by Crippen LogP contribution is 2.41. The third-order valence-electron chi connectivity index (χ3n) is 2.49. The Balaban J connectivity index is 2.23. The molecule has 2 atom stereocenters. The lowest BCUT2D eigenvalue weighted by molar-refractivity contribution is 0.715. The van der Waals surface area contributed by atoms with Crippen molar-refractivity contribution < 1.29 is 0 Å². The molecule has 0 N–H and O–H groups in total. The molecular formula is C12H11Cl2NS. The van der Waals surface area contributed by atoms with Crippen LogP contribution in [0, 0.1) is 0 Å². The number of pyridine rings is 1.